The predicted octanol–water partition coefficient (Wildman–Crippen LogP) is 2.16. The van der Waals surface area contributed by atoms with Gasteiger partial charge in [0.1, 0.15) is 0 Å². The van der Waals surface area contributed by atoms with E-state index in [1.807, 2.05) is 38.1 Å². The molecule has 0 atom stereocenters. The van der Waals surface area contributed by atoms with Crippen LogP contribution in [0.3, 0.4) is 0 Å². The molecule has 34 heavy (non-hydrogen) atoms. The summed E-state index contributed by atoms with van der Waals surface area (Å²) in [5.74, 6) is -1.09. The molecule has 0 aliphatic carbocycles. The third-order valence-electron chi connectivity index (χ3n) is 5.13. The van der Waals surface area contributed by atoms with Crippen LogP contribution in [0.15, 0.2) is 45.2 Å². The van der Waals surface area contributed by atoms with Crippen LogP contribution in [0.25, 0.3) is 11.1 Å². The van der Waals surface area contributed by atoms with E-state index < -0.39 is 11.8 Å². The topological polar surface area (TPSA) is 188 Å². The normalized spacial score (nSPS) is 10.8. The van der Waals surface area contributed by atoms with Gasteiger partial charge in [0, 0.05) is 11.4 Å². The Morgan fingerprint density at radius 1 is 0.735 bits per heavy atom. The second kappa shape index (κ2) is 9.60. The summed E-state index contributed by atoms with van der Waals surface area (Å²) in [5.41, 5.74) is 15.4. The summed E-state index contributed by atoms with van der Waals surface area (Å²) in [6.45, 7) is 3.84. The van der Waals surface area contributed by atoms with Gasteiger partial charge in [-0.3, -0.25) is 9.59 Å². The second-order valence-electron chi connectivity index (χ2n) is 7.27. The van der Waals surface area contributed by atoms with Crippen molar-refractivity contribution in [3.63, 3.8) is 0 Å². The minimum atomic E-state index is -0.540. The van der Waals surface area contributed by atoms with Gasteiger partial charge in [-0.1, -0.05) is 24.3 Å². The van der Waals surface area contributed by atoms with Gasteiger partial charge in [0.25, 0.3) is 0 Å². The molecule has 174 valence electrons. The van der Waals surface area contributed by atoms with Crippen LogP contribution < -0.4 is 22.1 Å². The lowest BCUT2D eigenvalue weighted by Gasteiger charge is -2.16. The summed E-state index contributed by atoms with van der Waals surface area (Å²) in [7, 11) is 0. The molecule has 0 unspecified atom stereocenters. The lowest BCUT2D eigenvalue weighted by Crippen LogP contribution is -2.14. The molecule has 0 radical (unpaired) electrons. The first kappa shape index (κ1) is 22.8. The van der Waals surface area contributed by atoms with Crippen LogP contribution in [-0.4, -0.2) is 32.2 Å². The van der Waals surface area contributed by atoms with E-state index in [-0.39, 0.29) is 36.7 Å². The van der Waals surface area contributed by atoms with Crippen molar-refractivity contribution in [1.82, 2.24) is 20.4 Å². The highest BCUT2D eigenvalue weighted by Gasteiger charge is 2.19. The number of nitrogens with two attached hydrogens (primary N) is 2. The van der Waals surface area contributed by atoms with Gasteiger partial charge in [-0.25, -0.2) is 0 Å². The number of aromatic nitrogens is 4. The standard InChI is InChI=1S/C22H22N8O4/c1-11-13(5-3-7-15(11)25-19(31)21-29-27-17(9-23)33-21)14-6-4-8-16(12(14)2)26-20(32)22-30-28-18(10-24)34-22/h3-8H,9-10,23-24H2,1-2H3,(H,25,31)(H,26,32). The molecule has 0 spiro atoms. The first-order chi connectivity index (χ1) is 16.4. The molecule has 0 saturated heterocycles. The molecule has 2 heterocycles. The van der Waals surface area contributed by atoms with Crippen LogP contribution in [0, 0.1) is 13.8 Å². The smallest absolute Gasteiger partial charge is 0.313 e. The number of rotatable bonds is 7. The Bertz CT molecular complexity index is 1260. The van der Waals surface area contributed by atoms with E-state index in [2.05, 4.69) is 31.0 Å². The van der Waals surface area contributed by atoms with Crippen molar-refractivity contribution in [3.8, 4) is 11.1 Å². The molecule has 12 nitrogen and oxygen atoms in total. The van der Waals surface area contributed by atoms with E-state index in [0.29, 0.717) is 11.4 Å². The zero-order chi connectivity index (χ0) is 24.2. The van der Waals surface area contributed by atoms with Crippen molar-refractivity contribution in [1.29, 1.82) is 0 Å². The van der Waals surface area contributed by atoms with Crippen LogP contribution in [0.1, 0.15) is 44.3 Å². The molecular weight excluding hydrogens is 440 g/mol. The molecule has 0 aliphatic heterocycles. The van der Waals surface area contributed by atoms with E-state index >= 15 is 0 Å². The molecule has 4 rings (SSSR count). The van der Waals surface area contributed by atoms with E-state index in [4.69, 9.17) is 20.3 Å². The molecule has 2 amide bonds. The van der Waals surface area contributed by atoms with Gasteiger partial charge in [-0.2, -0.15) is 0 Å². The van der Waals surface area contributed by atoms with Crippen LogP contribution in [-0.2, 0) is 13.1 Å². The fourth-order valence-electron chi connectivity index (χ4n) is 3.33. The summed E-state index contributed by atoms with van der Waals surface area (Å²) in [6, 6.07) is 11.0. The van der Waals surface area contributed by atoms with Gasteiger partial charge in [-0.15, -0.1) is 20.4 Å². The van der Waals surface area contributed by atoms with Gasteiger partial charge in [0.15, 0.2) is 0 Å². The molecule has 6 N–H and O–H groups in total. The molecular formula is C22H22N8O4. The van der Waals surface area contributed by atoms with E-state index in [1.54, 1.807) is 12.1 Å². The average molecular weight is 462 g/mol. The van der Waals surface area contributed by atoms with Crippen LogP contribution >= 0.6 is 0 Å². The summed E-state index contributed by atoms with van der Waals surface area (Å²) in [5, 5.41) is 20.4. The van der Waals surface area contributed by atoms with Crippen molar-refractivity contribution in [3.05, 3.63) is 71.1 Å². The molecule has 2 aromatic heterocycles. The quantitative estimate of drug-likeness (QED) is 0.317. The van der Waals surface area contributed by atoms with Gasteiger partial charge in [0.05, 0.1) is 13.1 Å². The van der Waals surface area contributed by atoms with Gasteiger partial charge in [-0.05, 0) is 48.2 Å². The monoisotopic (exact) mass is 462 g/mol. The Morgan fingerprint density at radius 2 is 1.15 bits per heavy atom. The largest absolute Gasteiger partial charge is 0.415 e. The summed E-state index contributed by atoms with van der Waals surface area (Å²) in [4.78, 5) is 25.0. The predicted molar refractivity (Wildman–Crippen MR) is 122 cm³/mol. The maximum Gasteiger partial charge on any atom is 0.313 e. The molecule has 0 fully saturated rings. The maximum absolute atomic E-state index is 12.5. The number of carbonyl (C=O) groups excluding carboxylic acids is 2. The molecule has 12 heteroatoms. The van der Waals surface area contributed by atoms with Crippen molar-refractivity contribution in [2.24, 2.45) is 11.5 Å². The van der Waals surface area contributed by atoms with Gasteiger partial charge in [0.2, 0.25) is 11.8 Å². The maximum atomic E-state index is 12.5. The summed E-state index contributed by atoms with van der Waals surface area (Å²) >= 11 is 0. The van der Waals surface area contributed by atoms with Crippen LogP contribution in [0.2, 0.25) is 0 Å². The molecule has 4 aromatic rings. The average Bonchev–Trinajstić information content (AvgIpc) is 3.52. The highest BCUT2D eigenvalue weighted by Crippen LogP contribution is 2.34. The highest BCUT2D eigenvalue weighted by molar-refractivity contribution is 6.03. The zero-order valence-corrected chi connectivity index (χ0v) is 18.5. The number of hydrogen-bond acceptors (Lipinski definition) is 10. The number of nitrogens with zero attached hydrogens (tertiary/aromatic N) is 4. The minimum Gasteiger partial charge on any atom is -0.415 e. The van der Waals surface area contributed by atoms with Crippen molar-refractivity contribution >= 4 is 23.2 Å². The number of anilines is 2. The summed E-state index contributed by atoms with van der Waals surface area (Å²) < 4.78 is 10.4. The lowest BCUT2D eigenvalue weighted by atomic mass is 9.94. The fourth-order valence-corrected chi connectivity index (χ4v) is 3.33. The highest BCUT2D eigenvalue weighted by atomic mass is 16.4. The van der Waals surface area contributed by atoms with Crippen molar-refractivity contribution in [2.45, 2.75) is 26.9 Å². The Hall–Kier alpha value is -4.42. The zero-order valence-electron chi connectivity index (χ0n) is 18.5. The molecule has 0 aliphatic rings. The number of hydrogen-bond donors (Lipinski definition) is 4. The van der Waals surface area contributed by atoms with E-state index in [0.717, 1.165) is 22.3 Å². The Kier molecular flexibility index (Phi) is 6.43. The van der Waals surface area contributed by atoms with Crippen LogP contribution in [0.5, 0.6) is 0 Å². The third kappa shape index (κ3) is 4.53. The molecule has 0 bridgehead atoms. The first-order valence-electron chi connectivity index (χ1n) is 10.3. The Balaban J connectivity index is 1.59. The van der Waals surface area contributed by atoms with Crippen LogP contribution in [0.4, 0.5) is 11.4 Å². The van der Waals surface area contributed by atoms with E-state index in [1.165, 1.54) is 0 Å². The molecule has 0 saturated carbocycles. The second-order valence-corrected chi connectivity index (χ2v) is 7.27. The number of amides is 2. The lowest BCUT2D eigenvalue weighted by molar-refractivity contribution is 0.0981. The Labute approximate surface area is 193 Å². The van der Waals surface area contributed by atoms with Gasteiger partial charge >= 0.3 is 23.6 Å². The number of nitrogens with one attached hydrogen (secondary N) is 2. The SMILES string of the molecule is Cc1c(NC(=O)c2nnc(CN)o2)cccc1-c1cccc(NC(=O)c2nnc(CN)o2)c1C. The van der Waals surface area contributed by atoms with Crippen molar-refractivity contribution < 1.29 is 18.4 Å². The third-order valence-corrected chi connectivity index (χ3v) is 5.13. The first-order valence-corrected chi connectivity index (χ1v) is 10.3. The summed E-state index contributed by atoms with van der Waals surface area (Å²) in [6.07, 6.45) is 0. The van der Waals surface area contributed by atoms with Gasteiger partial charge < -0.3 is 30.9 Å². The van der Waals surface area contributed by atoms with Crippen molar-refractivity contribution in [2.75, 3.05) is 10.6 Å². The Morgan fingerprint density at radius 3 is 1.50 bits per heavy atom. The fraction of sp³-hybridized carbons (Fsp3) is 0.182. The molecule has 2 aromatic carbocycles. The minimum absolute atomic E-state index is 0.0433. The number of carbonyl (C=O) groups is 2. The number of benzene rings is 2. The van der Waals surface area contributed by atoms with E-state index in [9.17, 15) is 9.59 Å².